The Kier molecular flexibility index (Phi) is 7.19. The maximum Gasteiger partial charge on any atom is 0.262 e. The third-order valence-corrected chi connectivity index (χ3v) is 6.37. The lowest BCUT2D eigenvalue weighted by atomic mass is 9.77. The van der Waals surface area contributed by atoms with E-state index in [0.717, 1.165) is 0 Å². The van der Waals surface area contributed by atoms with E-state index in [0.29, 0.717) is 30.8 Å². The van der Waals surface area contributed by atoms with E-state index in [1.165, 1.54) is 55.3 Å². The first kappa shape index (κ1) is 25.1. The van der Waals surface area contributed by atoms with Crippen molar-refractivity contribution in [2.45, 2.75) is 32.7 Å². The summed E-state index contributed by atoms with van der Waals surface area (Å²) in [5.41, 5.74) is 5.48. The number of carbonyl (C=O) groups is 2. The van der Waals surface area contributed by atoms with Gasteiger partial charge in [0, 0.05) is 43.6 Å². The molecule has 1 unspecified atom stereocenters. The van der Waals surface area contributed by atoms with Crippen LogP contribution in [0.3, 0.4) is 0 Å². The van der Waals surface area contributed by atoms with Crippen LogP contribution >= 0.6 is 0 Å². The van der Waals surface area contributed by atoms with Crippen molar-refractivity contribution >= 4 is 23.2 Å². The molecule has 0 spiro atoms. The third-order valence-electron chi connectivity index (χ3n) is 6.37. The molecule has 2 aliphatic heterocycles. The van der Waals surface area contributed by atoms with Gasteiger partial charge in [0.15, 0.2) is 17.3 Å². The molecule has 1 amide bonds. The van der Waals surface area contributed by atoms with Crippen molar-refractivity contribution in [1.82, 2.24) is 9.80 Å². The summed E-state index contributed by atoms with van der Waals surface area (Å²) in [6.45, 7) is 9.45. The minimum absolute atomic E-state index is 0.00900. The number of hydrogen-bond donors (Lipinski definition) is 1. The predicted molar refractivity (Wildman–Crippen MR) is 130 cm³/mol. The predicted octanol–water partition coefficient (Wildman–Crippen LogP) is 4.07. The van der Waals surface area contributed by atoms with E-state index in [2.05, 4.69) is 11.6 Å². The molecule has 0 fully saturated rings. The normalized spacial score (nSPS) is 23.4. The molecule has 0 aliphatic carbocycles. The van der Waals surface area contributed by atoms with Gasteiger partial charge in [-0.3, -0.25) is 14.5 Å². The van der Waals surface area contributed by atoms with Gasteiger partial charge >= 0.3 is 0 Å². The Hall–Kier alpha value is -3.55. The molecule has 2 atom stereocenters. The van der Waals surface area contributed by atoms with Crippen LogP contribution in [-0.4, -0.2) is 47.6 Å². The standard InChI is InChI=1S/C26H30F2N4O2/c1-6-9-10-19(16(4)27)20-13-17(11-12-21(20)28)26(24(34)31(5)25(29)30-26)18-14-22(23(33)7-2)32(8-3)15-18/h6,9-14,18H,1,7-8,15H2,2-5H3,(H2,29,30)/b10-9-,19-16-/t18?,26-/m0/s1. The van der Waals surface area contributed by atoms with Crippen molar-refractivity contribution in [3.8, 4) is 0 Å². The SMILES string of the molecule is C=C/C=C\C(=C(/C)F)c1cc([C@@]2(C3C=C(C(=O)CC)N(CC)C3)N=C(N)N(C)C2=O)ccc1F. The number of nitrogens with zero attached hydrogens (tertiary/aromatic N) is 3. The Morgan fingerprint density at radius 2 is 2.09 bits per heavy atom. The highest BCUT2D eigenvalue weighted by atomic mass is 19.1. The van der Waals surface area contributed by atoms with Gasteiger partial charge in [0.2, 0.25) is 0 Å². The summed E-state index contributed by atoms with van der Waals surface area (Å²) in [4.78, 5) is 33.9. The van der Waals surface area contributed by atoms with Crippen molar-refractivity contribution < 1.29 is 18.4 Å². The highest BCUT2D eigenvalue weighted by Gasteiger charge is 2.55. The summed E-state index contributed by atoms with van der Waals surface area (Å²) in [6, 6.07) is 4.11. The van der Waals surface area contributed by atoms with Gasteiger partial charge in [-0.2, -0.15) is 0 Å². The fraction of sp³-hybridized carbons (Fsp3) is 0.346. The Bertz CT molecular complexity index is 1150. The minimum atomic E-state index is -1.51. The van der Waals surface area contributed by atoms with Gasteiger partial charge in [0.1, 0.15) is 11.6 Å². The van der Waals surface area contributed by atoms with Gasteiger partial charge in [0.25, 0.3) is 5.91 Å². The summed E-state index contributed by atoms with van der Waals surface area (Å²) in [6.07, 6.45) is 6.47. The molecular formula is C26H30F2N4O2. The number of likely N-dealkylation sites (N-methyl/N-ethyl adjacent to an activating group) is 2. The first-order valence-corrected chi connectivity index (χ1v) is 11.2. The van der Waals surface area contributed by atoms with E-state index in [1.807, 2.05) is 11.8 Å². The van der Waals surface area contributed by atoms with Crippen LogP contribution in [0.1, 0.15) is 38.3 Å². The first-order valence-electron chi connectivity index (χ1n) is 11.2. The molecule has 2 aliphatic rings. The van der Waals surface area contributed by atoms with Crippen LogP contribution in [0.25, 0.3) is 5.57 Å². The summed E-state index contributed by atoms with van der Waals surface area (Å²) in [7, 11) is 1.52. The van der Waals surface area contributed by atoms with E-state index in [9.17, 15) is 18.4 Å². The van der Waals surface area contributed by atoms with Crippen LogP contribution in [0.2, 0.25) is 0 Å². The number of benzene rings is 1. The van der Waals surface area contributed by atoms with Gasteiger partial charge in [-0.25, -0.2) is 13.8 Å². The molecule has 2 N–H and O–H groups in total. The second-order valence-electron chi connectivity index (χ2n) is 8.31. The smallest absolute Gasteiger partial charge is 0.262 e. The molecule has 0 bridgehead atoms. The Morgan fingerprint density at radius 3 is 2.62 bits per heavy atom. The van der Waals surface area contributed by atoms with E-state index in [-0.39, 0.29) is 22.9 Å². The lowest BCUT2D eigenvalue weighted by molar-refractivity contribution is -0.132. The highest BCUT2D eigenvalue weighted by molar-refractivity contribution is 6.07. The lowest BCUT2D eigenvalue weighted by Crippen LogP contribution is -2.46. The van der Waals surface area contributed by atoms with Crippen LogP contribution in [0.15, 0.2) is 65.6 Å². The molecule has 0 saturated heterocycles. The zero-order chi connectivity index (χ0) is 25.2. The zero-order valence-electron chi connectivity index (χ0n) is 19.9. The molecule has 34 heavy (non-hydrogen) atoms. The van der Waals surface area contributed by atoms with Crippen molar-refractivity contribution in [3.05, 3.63) is 77.6 Å². The molecule has 180 valence electrons. The molecule has 2 heterocycles. The number of aliphatic imine (C=N–C) groups is 1. The number of guanidine groups is 1. The molecule has 1 aromatic rings. The van der Waals surface area contributed by atoms with Crippen LogP contribution in [0.5, 0.6) is 0 Å². The maximum absolute atomic E-state index is 14.9. The number of amides is 1. The van der Waals surface area contributed by atoms with Gasteiger partial charge < -0.3 is 10.6 Å². The van der Waals surface area contributed by atoms with Crippen LogP contribution in [0, 0.1) is 11.7 Å². The van der Waals surface area contributed by atoms with Gasteiger partial charge in [0.05, 0.1) is 5.70 Å². The summed E-state index contributed by atoms with van der Waals surface area (Å²) in [5, 5.41) is 0. The number of Topliss-reactive ketones (excluding diaryl/α,β-unsaturated/α-hetero) is 1. The molecular weight excluding hydrogens is 438 g/mol. The molecule has 6 nitrogen and oxygen atoms in total. The van der Waals surface area contributed by atoms with Crippen molar-refractivity contribution in [2.24, 2.45) is 16.6 Å². The number of nitrogens with two attached hydrogens (primary N) is 1. The summed E-state index contributed by atoms with van der Waals surface area (Å²) < 4.78 is 29.3. The fourth-order valence-corrected chi connectivity index (χ4v) is 4.52. The molecule has 0 radical (unpaired) electrons. The second-order valence-corrected chi connectivity index (χ2v) is 8.31. The topological polar surface area (TPSA) is 79.0 Å². The third kappa shape index (κ3) is 4.08. The van der Waals surface area contributed by atoms with Crippen LogP contribution in [0.4, 0.5) is 8.78 Å². The van der Waals surface area contributed by atoms with Crippen LogP contribution in [-0.2, 0) is 15.1 Å². The minimum Gasteiger partial charge on any atom is -0.369 e. The molecule has 8 heteroatoms. The van der Waals surface area contributed by atoms with E-state index < -0.39 is 29.0 Å². The average Bonchev–Trinajstić information content (AvgIpc) is 3.35. The quantitative estimate of drug-likeness (QED) is 0.584. The van der Waals surface area contributed by atoms with E-state index in [1.54, 1.807) is 13.0 Å². The number of halogens is 2. The fourth-order valence-electron chi connectivity index (χ4n) is 4.52. The Balaban J connectivity index is 2.26. The largest absolute Gasteiger partial charge is 0.369 e. The van der Waals surface area contributed by atoms with Gasteiger partial charge in [-0.05, 0) is 37.6 Å². The van der Waals surface area contributed by atoms with Crippen molar-refractivity contribution in [3.63, 3.8) is 0 Å². The number of allylic oxidation sites excluding steroid dienone is 6. The molecule has 3 rings (SSSR count). The number of ketones is 1. The summed E-state index contributed by atoms with van der Waals surface area (Å²) in [5.74, 6) is -2.18. The number of hydrogen-bond acceptors (Lipinski definition) is 5. The Labute approximate surface area is 198 Å². The molecule has 0 saturated carbocycles. The first-order chi connectivity index (χ1) is 16.1. The van der Waals surface area contributed by atoms with Gasteiger partial charge in [-0.1, -0.05) is 37.8 Å². The van der Waals surface area contributed by atoms with Crippen molar-refractivity contribution in [1.29, 1.82) is 0 Å². The maximum atomic E-state index is 14.9. The highest BCUT2D eigenvalue weighted by Crippen LogP contribution is 2.45. The van der Waals surface area contributed by atoms with E-state index in [4.69, 9.17) is 5.73 Å². The second kappa shape index (κ2) is 9.75. The van der Waals surface area contributed by atoms with E-state index >= 15 is 0 Å². The van der Waals surface area contributed by atoms with Crippen LogP contribution < -0.4 is 5.73 Å². The molecule has 0 aromatic heterocycles. The lowest BCUT2D eigenvalue weighted by Gasteiger charge is -2.32. The monoisotopic (exact) mass is 468 g/mol. The van der Waals surface area contributed by atoms with Crippen molar-refractivity contribution in [2.75, 3.05) is 20.1 Å². The summed E-state index contributed by atoms with van der Waals surface area (Å²) >= 11 is 0. The number of carbonyl (C=O) groups excluding carboxylic acids is 2. The average molecular weight is 469 g/mol. The molecule has 1 aromatic carbocycles. The Morgan fingerprint density at radius 1 is 1.38 bits per heavy atom. The number of rotatable bonds is 8. The zero-order valence-corrected chi connectivity index (χ0v) is 19.9. The van der Waals surface area contributed by atoms with Gasteiger partial charge in [-0.15, -0.1) is 0 Å².